The fourth-order valence-electron chi connectivity index (χ4n) is 5.16. The van der Waals surface area contributed by atoms with Gasteiger partial charge in [-0.25, -0.2) is 0 Å². The molecule has 0 spiro atoms. The molecule has 0 unspecified atom stereocenters. The van der Waals surface area contributed by atoms with Crippen molar-refractivity contribution < 1.29 is 5.11 Å². The first kappa shape index (κ1) is 23.7. The van der Waals surface area contributed by atoms with Crippen molar-refractivity contribution in [2.45, 2.75) is 70.4 Å². The fraction of sp³-hybridized carbons (Fsp3) is 0.400. The van der Waals surface area contributed by atoms with Crippen molar-refractivity contribution in [2.75, 3.05) is 7.05 Å². The Kier molecular flexibility index (Phi) is 7.97. The van der Waals surface area contributed by atoms with Crippen molar-refractivity contribution >= 4 is 0 Å². The molecule has 3 heteroatoms. The lowest BCUT2D eigenvalue weighted by Crippen LogP contribution is -2.47. The molecule has 0 saturated heterocycles. The van der Waals surface area contributed by atoms with Crippen LogP contribution in [0.5, 0.6) is 0 Å². The summed E-state index contributed by atoms with van der Waals surface area (Å²) in [6.07, 6.45) is 1.67. The van der Waals surface area contributed by atoms with E-state index in [1.165, 1.54) is 22.3 Å². The molecule has 3 aromatic carbocycles. The summed E-state index contributed by atoms with van der Waals surface area (Å²) in [5.41, 5.74) is 5.27. The Labute approximate surface area is 199 Å². The average molecular weight is 443 g/mol. The van der Waals surface area contributed by atoms with Crippen LogP contribution in [-0.4, -0.2) is 40.1 Å². The molecular weight excluding hydrogens is 404 g/mol. The second-order valence-electron chi connectivity index (χ2n) is 9.89. The highest BCUT2D eigenvalue weighted by Gasteiger charge is 2.40. The van der Waals surface area contributed by atoms with E-state index in [1.807, 2.05) is 0 Å². The molecular formula is C30H38N2O. The monoisotopic (exact) mass is 442 g/mol. The Balaban J connectivity index is 1.49. The van der Waals surface area contributed by atoms with Crippen LogP contribution in [0, 0.1) is 0 Å². The van der Waals surface area contributed by atoms with Gasteiger partial charge in [0.1, 0.15) is 0 Å². The van der Waals surface area contributed by atoms with Gasteiger partial charge < -0.3 is 5.11 Å². The van der Waals surface area contributed by atoms with Crippen LogP contribution in [0.3, 0.4) is 0 Å². The highest BCUT2D eigenvalue weighted by atomic mass is 16.3. The van der Waals surface area contributed by atoms with Gasteiger partial charge in [-0.2, -0.15) is 0 Å². The van der Waals surface area contributed by atoms with E-state index in [0.29, 0.717) is 5.92 Å². The SMILES string of the molecule is CC(C)c1ccc(CN(Cc2ccccc2)[C@H]2CC[C@H](N(C)Cc3ccccc3)[C@@H]2O)cc1. The van der Waals surface area contributed by atoms with Crippen molar-refractivity contribution in [3.63, 3.8) is 0 Å². The second-order valence-corrected chi connectivity index (χ2v) is 9.89. The van der Waals surface area contributed by atoms with Crippen LogP contribution in [0.2, 0.25) is 0 Å². The Hall–Kier alpha value is -2.46. The first-order chi connectivity index (χ1) is 16.0. The molecule has 3 nitrogen and oxygen atoms in total. The number of likely N-dealkylation sites (N-methyl/N-ethyl adjacent to an activating group) is 1. The second kappa shape index (κ2) is 11.1. The van der Waals surface area contributed by atoms with Gasteiger partial charge in [0.25, 0.3) is 0 Å². The standard InChI is InChI=1S/C30H38N2O/c1-23(2)27-16-14-26(15-17-27)22-32(21-25-12-8-5-9-13-25)29-19-18-28(30(29)33)31(3)20-24-10-6-4-7-11-24/h4-17,23,28-30,33H,18-22H2,1-3H3/t28-,29-,30-/m0/s1. The number of nitrogens with zero attached hydrogens (tertiary/aromatic N) is 2. The lowest BCUT2D eigenvalue weighted by atomic mass is 10.0. The van der Waals surface area contributed by atoms with Crippen LogP contribution in [-0.2, 0) is 19.6 Å². The van der Waals surface area contributed by atoms with E-state index in [-0.39, 0.29) is 18.2 Å². The summed E-state index contributed by atoms with van der Waals surface area (Å²) in [6.45, 7) is 7.04. The summed E-state index contributed by atoms with van der Waals surface area (Å²) in [7, 11) is 2.15. The number of rotatable bonds is 9. The molecule has 3 aromatic rings. The third-order valence-electron chi connectivity index (χ3n) is 7.12. The largest absolute Gasteiger partial charge is 0.390 e. The van der Waals surface area contributed by atoms with Crippen molar-refractivity contribution in [2.24, 2.45) is 0 Å². The summed E-state index contributed by atoms with van der Waals surface area (Å²) in [4.78, 5) is 4.82. The minimum Gasteiger partial charge on any atom is -0.390 e. The predicted octanol–water partition coefficient (Wildman–Crippen LogP) is 5.84. The topological polar surface area (TPSA) is 26.7 Å². The summed E-state index contributed by atoms with van der Waals surface area (Å²) in [5.74, 6) is 0.539. The lowest BCUT2D eigenvalue weighted by Gasteiger charge is -2.34. The maximum absolute atomic E-state index is 11.5. The molecule has 1 N–H and O–H groups in total. The molecule has 0 aliphatic heterocycles. The maximum Gasteiger partial charge on any atom is 0.0850 e. The Morgan fingerprint density at radius 3 is 1.73 bits per heavy atom. The van der Waals surface area contributed by atoms with E-state index < -0.39 is 0 Å². The zero-order valence-corrected chi connectivity index (χ0v) is 20.3. The van der Waals surface area contributed by atoms with Gasteiger partial charge in [-0.3, -0.25) is 9.80 Å². The number of aliphatic hydroxyl groups excluding tert-OH is 1. The highest BCUT2D eigenvalue weighted by Crippen LogP contribution is 2.31. The molecule has 4 rings (SSSR count). The van der Waals surface area contributed by atoms with Gasteiger partial charge in [0.05, 0.1) is 6.10 Å². The van der Waals surface area contributed by atoms with Gasteiger partial charge in [-0.1, -0.05) is 98.8 Å². The van der Waals surface area contributed by atoms with Crippen LogP contribution in [0.4, 0.5) is 0 Å². The average Bonchev–Trinajstić information content (AvgIpc) is 3.21. The normalized spacial score (nSPS) is 20.8. The number of benzene rings is 3. The number of hydrogen-bond donors (Lipinski definition) is 1. The maximum atomic E-state index is 11.5. The summed E-state index contributed by atoms with van der Waals surface area (Å²) in [6, 6.07) is 30.6. The van der Waals surface area contributed by atoms with Gasteiger partial charge in [0.15, 0.2) is 0 Å². The Morgan fingerprint density at radius 2 is 1.18 bits per heavy atom. The first-order valence-electron chi connectivity index (χ1n) is 12.3. The minimum atomic E-state index is -0.364. The van der Waals surface area contributed by atoms with E-state index in [1.54, 1.807) is 0 Å². The first-order valence-corrected chi connectivity index (χ1v) is 12.3. The molecule has 174 valence electrons. The molecule has 33 heavy (non-hydrogen) atoms. The van der Waals surface area contributed by atoms with Gasteiger partial charge in [0, 0.05) is 31.7 Å². The van der Waals surface area contributed by atoms with Crippen molar-refractivity contribution in [3.8, 4) is 0 Å². The van der Waals surface area contributed by atoms with Crippen LogP contribution in [0.25, 0.3) is 0 Å². The molecule has 0 bridgehead atoms. The van der Waals surface area contributed by atoms with Crippen LogP contribution >= 0.6 is 0 Å². The van der Waals surface area contributed by atoms with Gasteiger partial charge in [-0.15, -0.1) is 0 Å². The molecule has 1 fully saturated rings. The van der Waals surface area contributed by atoms with Crippen molar-refractivity contribution in [3.05, 3.63) is 107 Å². The summed E-state index contributed by atoms with van der Waals surface area (Å²) in [5, 5.41) is 11.5. The molecule has 1 saturated carbocycles. The zero-order valence-electron chi connectivity index (χ0n) is 20.3. The Bertz CT molecular complexity index is 971. The molecule has 0 aromatic heterocycles. The molecule has 3 atom stereocenters. The molecule has 1 aliphatic carbocycles. The summed E-state index contributed by atoms with van der Waals surface area (Å²) < 4.78 is 0. The van der Waals surface area contributed by atoms with E-state index in [9.17, 15) is 5.11 Å². The summed E-state index contributed by atoms with van der Waals surface area (Å²) >= 11 is 0. The highest BCUT2D eigenvalue weighted by molar-refractivity contribution is 5.25. The van der Waals surface area contributed by atoms with E-state index in [2.05, 4.69) is 116 Å². The minimum absolute atomic E-state index is 0.151. The number of hydrogen-bond acceptors (Lipinski definition) is 3. The third kappa shape index (κ3) is 6.11. The third-order valence-corrected chi connectivity index (χ3v) is 7.12. The van der Waals surface area contributed by atoms with Crippen LogP contribution < -0.4 is 0 Å². The van der Waals surface area contributed by atoms with Gasteiger partial charge in [-0.05, 0) is 48.1 Å². The molecule has 1 aliphatic rings. The van der Waals surface area contributed by atoms with Gasteiger partial charge in [0.2, 0.25) is 0 Å². The van der Waals surface area contributed by atoms with E-state index >= 15 is 0 Å². The van der Waals surface area contributed by atoms with Crippen LogP contribution in [0.1, 0.15) is 54.9 Å². The lowest BCUT2D eigenvalue weighted by molar-refractivity contribution is 0.0182. The Morgan fingerprint density at radius 1 is 0.697 bits per heavy atom. The molecule has 0 amide bonds. The van der Waals surface area contributed by atoms with Gasteiger partial charge >= 0.3 is 0 Å². The van der Waals surface area contributed by atoms with Crippen molar-refractivity contribution in [1.29, 1.82) is 0 Å². The van der Waals surface area contributed by atoms with E-state index in [0.717, 1.165) is 32.5 Å². The smallest absolute Gasteiger partial charge is 0.0850 e. The quantitative estimate of drug-likeness (QED) is 0.451. The van der Waals surface area contributed by atoms with Crippen LogP contribution in [0.15, 0.2) is 84.9 Å². The zero-order chi connectivity index (χ0) is 23.2. The predicted molar refractivity (Wildman–Crippen MR) is 137 cm³/mol. The molecule has 0 heterocycles. The van der Waals surface area contributed by atoms with Crippen molar-refractivity contribution in [1.82, 2.24) is 9.80 Å². The fourth-order valence-corrected chi connectivity index (χ4v) is 5.16. The number of aliphatic hydroxyl groups is 1. The molecule has 0 radical (unpaired) electrons. The van der Waals surface area contributed by atoms with E-state index in [4.69, 9.17) is 0 Å².